The molecule has 3 heteroatoms. The van der Waals surface area contributed by atoms with Gasteiger partial charge in [0.2, 0.25) is 0 Å². The van der Waals surface area contributed by atoms with Crippen molar-refractivity contribution in [2.45, 2.75) is 39.7 Å². The molecule has 0 aliphatic carbocycles. The minimum absolute atomic E-state index is 0.108. The van der Waals surface area contributed by atoms with Crippen LogP contribution in [0.25, 0.3) is 0 Å². The van der Waals surface area contributed by atoms with Crippen molar-refractivity contribution in [1.82, 2.24) is 0 Å². The molecule has 1 unspecified atom stereocenters. The lowest BCUT2D eigenvalue weighted by molar-refractivity contribution is -0.145. The first kappa shape index (κ1) is 13.5. The molecule has 0 rings (SSSR count). The van der Waals surface area contributed by atoms with Crippen molar-refractivity contribution in [3.05, 3.63) is 12.2 Å². The number of alkyl halides is 1. The maximum absolute atomic E-state index is 10.8. The number of hydrogen-bond acceptors (Lipinski definition) is 2. The molecule has 0 aliphatic heterocycles. The zero-order valence-corrected chi connectivity index (χ0v) is 9.88. The number of hydrogen-bond donors (Lipinski definition) is 0. The van der Waals surface area contributed by atoms with Gasteiger partial charge in [-0.2, -0.15) is 0 Å². The molecule has 0 aliphatic rings. The molecule has 0 aromatic rings. The number of rotatable bonds is 6. The van der Waals surface area contributed by atoms with Crippen LogP contribution in [0.15, 0.2) is 12.2 Å². The van der Waals surface area contributed by atoms with Crippen molar-refractivity contribution in [1.29, 1.82) is 0 Å². The van der Waals surface area contributed by atoms with Gasteiger partial charge in [0.25, 0.3) is 0 Å². The highest BCUT2D eigenvalue weighted by molar-refractivity contribution is 6.17. The predicted octanol–water partition coefficient (Wildman–Crippen LogP) is 3.15. The molecule has 0 saturated heterocycles. The lowest BCUT2D eigenvalue weighted by Gasteiger charge is -2.16. The van der Waals surface area contributed by atoms with Gasteiger partial charge < -0.3 is 4.74 Å². The number of allylic oxidation sites excluding steroid dienone is 1. The van der Waals surface area contributed by atoms with Crippen LogP contribution in [0.3, 0.4) is 0 Å². The third-order valence-electron chi connectivity index (χ3n) is 1.79. The van der Waals surface area contributed by atoms with E-state index in [1.54, 1.807) is 0 Å². The summed E-state index contributed by atoms with van der Waals surface area (Å²) in [6.07, 6.45) is 5.76. The molecule has 82 valence electrons. The molecule has 0 N–H and O–H groups in total. The van der Waals surface area contributed by atoms with Gasteiger partial charge in [-0.1, -0.05) is 19.9 Å². The van der Waals surface area contributed by atoms with E-state index in [1.165, 1.54) is 6.92 Å². The van der Waals surface area contributed by atoms with Gasteiger partial charge in [-0.15, -0.1) is 11.6 Å². The Labute approximate surface area is 91.3 Å². The van der Waals surface area contributed by atoms with E-state index in [9.17, 15) is 4.79 Å². The van der Waals surface area contributed by atoms with E-state index in [1.807, 2.05) is 26.0 Å². The number of carbonyl (C=O) groups is 1. The largest absolute Gasteiger partial charge is 0.458 e. The highest BCUT2D eigenvalue weighted by Crippen LogP contribution is 2.09. The molecular formula is C11H19ClO2. The smallest absolute Gasteiger partial charge is 0.303 e. The number of carbonyl (C=O) groups excluding carboxylic acids is 1. The van der Waals surface area contributed by atoms with Gasteiger partial charge in [-0.25, -0.2) is 0 Å². The summed E-state index contributed by atoms with van der Waals surface area (Å²) in [7, 11) is 0. The minimum atomic E-state index is -0.231. The predicted molar refractivity (Wildman–Crippen MR) is 59.5 cm³/mol. The van der Waals surface area contributed by atoms with Crippen LogP contribution >= 0.6 is 11.6 Å². The first-order chi connectivity index (χ1) is 6.57. The number of ether oxygens (including phenoxy) is 1. The molecular weight excluding hydrogens is 200 g/mol. The minimum Gasteiger partial charge on any atom is -0.458 e. The van der Waals surface area contributed by atoms with Gasteiger partial charge >= 0.3 is 5.97 Å². The summed E-state index contributed by atoms with van der Waals surface area (Å²) >= 11 is 5.54. The fourth-order valence-electron chi connectivity index (χ4n) is 1.01. The van der Waals surface area contributed by atoms with E-state index in [2.05, 4.69) is 0 Å². The maximum Gasteiger partial charge on any atom is 0.303 e. The van der Waals surface area contributed by atoms with Crippen LogP contribution in [0.4, 0.5) is 0 Å². The van der Waals surface area contributed by atoms with Crippen LogP contribution in [0.1, 0.15) is 33.6 Å². The molecule has 0 amide bonds. The molecule has 2 nitrogen and oxygen atoms in total. The molecule has 0 aromatic heterocycles. The van der Waals surface area contributed by atoms with E-state index in [0.29, 0.717) is 11.8 Å². The molecule has 0 heterocycles. The van der Waals surface area contributed by atoms with Gasteiger partial charge in [0.15, 0.2) is 0 Å². The van der Waals surface area contributed by atoms with E-state index in [4.69, 9.17) is 16.3 Å². The molecule has 0 spiro atoms. The van der Waals surface area contributed by atoms with E-state index in [0.717, 1.165) is 12.8 Å². The third-order valence-corrected chi connectivity index (χ3v) is 2.06. The summed E-state index contributed by atoms with van der Waals surface area (Å²) < 4.78 is 5.13. The Balaban J connectivity index is 3.95. The summed E-state index contributed by atoms with van der Waals surface area (Å²) in [6, 6.07) is 0. The first-order valence-electron chi connectivity index (χ1n) is 4.97. The number of unbranched alkanes of at least 4 members (excludes halogenated alkanes) is 1. The number of esters is 1. The van der Waals surface area contributed by atoms with Gasteiger partial charge in [0.05, 0.1) is 0 Å². The quantitative estimate of drug-likeness (QED) is 0.296. The van der Waals surface area contributed by atoms with Crippen LogP contribution in [-0.4, -0.2) is 18.0 Å². The normalized spacial score (nSPS) is 13.5. The van der Waals surface area contributed by atoms with Crippen molar-refractivity contribution in [2.75, 3.05) is 5.88 Å². The highest BCUT2D eigenvalue weighted by Gasteiger charge is 2.11. The fraction of sp³-hybridized carbons (Fsp3) is 0.727. The Kier molecular flexibility index (Phi) is 7.58. The summed E-state index contributed by atoms with van der Waals surface area (Å²) in [4.78, 5) is 10.8. The van der Waals surface area contributed by atoms with Crippen molar-refractivity contribution < 1.29 is 9.53 Å². The van der Waals surface area contributed by atoms with Gasteiger partial charge in [0.1, 0.15) is 6.10 Å². The average Bonchev–Trinajstić information content (AvgIpc) is 2.09. The van der Waals surface area contributed by atoms with Crippen molar-refractivity contribution >= 4 is 17.6 Å². The lowest BCUT2D eigenvalue weighted by atomic mass is 10.1. The highest BCUT2D eigenvalue weighted by atomic mass is 35.5. The maximum atomic E-state index is 10.8. The zero-order valence-electron chi connectivity index (χ0n) is 9.13. The van der Waals surface area contributed by atoms with Crippen molar-refractivity contribution in [3.63, 3.8) is 0 Å². The second-order valence-electron chi connectivity index (χ2n) is 3.58. The molecule has 0 fully saturated rings. The molecule has 14 heavy (non-hydrogen) atoms. The second kappa shape index (κ2) is 7.86. The van der Waals surface area contributed by atoms with Crippen molar-refractivity contribution in [3.8, 4) is 0 Å². The summed E-state index contributed by atoms with van der Waals surface area (Å²) in [6.45, 7) is 5.49. The zero-order chi connectivity index (χ0) is 11.0. The van der Waals surface area contributed by atoms with E-state index >= 15 is 0 Å². The monoisotopic (exact) mass is 218 g/mol. The van der Waals surface area contributed by atoms with E-state index in [-0.39, 0.29) is 12.1 Å². The lowest BCUT2D eigenvalue weighted by Crippen LogP contribution is -2.19. The SMILES string of the molecule is CC(=O)OC(C=CCCCCl)C(C)C. The van der Waals surface area contributed by atoms with Gasteiger partial charge in [-0.3, -0.25) is 4.79 Å². The Morgan fingerprint density at radius 3 is 2.57 bits per heavy atom. The molecule has 0 bridgehead atoms. The molecule has 0 saturated carbocycles. The topological polar surface area (TPSA) is 26.3 Å². The molecule has 1 atom stereocenters. The van der Waals surface area contributed by atoms with Crippen LogP contribution in [0.5, 0.6) is 0 Å². The average molecular weight is 219 g/mol. The Morgan fingerprint density at radius 2 is 2.14 bits per heavy atom. The summed E-state index contributed by atoms with van der Waals surface area (Å²) in [5.41, 5.74) is 0. The molecule has 0 radical (unpaired) electrons. The summed E-state index contributed by atoms with van der Waals surface area (Å²) in [5, 5.41) is 0. The van der Waals surface area contributed by atoms with Gasteiger partial charge in [0, 0.05) is 12.8 Å². The van der Waals surface area contributed by atoms with Crippen molar-refractivity contribution in [2.24, 2.45) is 5.92 Å². The second-order valence-corrected chi connectivity index (χ2v) is 3.96. The van der Waals surface area contributed by atoms with E-state index < -0.39 is 0 Å². The Morgan fingerprint density at radius 1 is 1.50 bits per heavy atom. The third kappa shape index (κ3) is 6.96. The van der Waals surface area contributed by atoms with Crippen LogP contribution < -0.4 is 0 Å². The Hall–Kier alpha value is -0.500. The number of halogens is 1. The van der Waals surface area contributed by atoms with Crippen LogP contribution in [0.2, 0.25) is 0 Å². The van der Waals surface area contributed by atoms with Gasteiger partial charge in [-0.05, 0) is 24.8 Å². The Bertz CT molecular complexity index is 188. The van der Waals surface area contributed by atoms with Crippen LogP contribution in [-0.2, 0) is 9.53 Å². The fourth-order valence-corrected chi connectivity index (χ4v) is 1.17. The summed E-state index contributed by atoms with van der Waals surface area (Å²) in [5.74, 6) is 0.751. The standard InChI is InChI=1S/C11H19ClO2/c1-9(2)11(14-10(3)13)7-5-4-6-8-12/h5,7,9,11H,4,6,8H2,1-3H3. The van der Waals surface area contributed by atoms with Crippen LogP contribution in [0, 0.1) is 5.92 Å². The first-order valence-corrected chi connectivity index (χ1v) is 5.51. The molecule has 0 aromatic carbocycles.